The fourth-order valence-electron chi connectivity index (χ4n) is 2.45. The maximum absolute atomic E-state index is 12.9. The number of pyridine rings is 1. The number of rotatable bonds is 3. The summed E-state index contributed by atoms with van der Waals surface area (Å²) in [6.07, 6.45) is 1.47. The Labute approximate surface area is 119 Å². The molecular formula is C14H12FN3O3. The minimum absolute atomic E-state index is 0.0985. The predicted octanol–water partition coefficient (Wildman–Crippen LogP) is 1.84. The van der Waals surface area contributed by atoms with E-state index in [0.29, 0.717) is 5.56 Å². The summed E-state index contributed by atoms with van der Waals surface area (Å²) < 4.78 is 12.9. The first-order chi connectivity index (χ1) is 9.99. The minimum Gasteiger partial charge on any atom is -0.381 e. The lowest BCUT2D eigenvalue weighted by molar-refractivity contribution is -0.384. The summed E-state index contributed by atoms with van der Waals surface area (Å²) in [4.78, 5) is 16.1. The van der Waals surface area contributed by atoms with Gasteiger partial charge in [-0.15, -0.1) is 0 Å². The van der Waals surface area contributed by atoms with E-state index in [1.54, 1.807) is 4.90 Å². The predicted molar refractivity (Wildman–Crippen MR) is 73.4 cm³/mol. The molecule has 0 unspecified atom stereocenters. The van der Waals surface area contributed by atoms with Gasteiger partial charge in [0.05, 0.1) is 18.0 Å². The molecule has 0 spiro atoms. The van der Waals surface area contributed by atoms with Crippen molar-refractivity contribution in [2.24, 2.45) is 0 Å². The molecule has 108 valence electrons. The van der Waals surface area contributed by atoms with Crippen LogP contribution in [-0.4, -0.2) is 28.1 Å². The summed E-state index contributed by atoms with van der Waals surface area (Å²) in [6, 6.07) is 8.45. The highest BCUT2D eigenvalue weighted by Gasteiger charge is 2.45. The van der Waals surface area contributed by atoms with Gasteiger partial charge in [-0.2, -0.15) is 0 Å². The first kappa shape index (κ1) is 13.4. The lowest BCUT2D eigenvalue weighted by Crippen LogP contribution is -2.60. The van der Waals surface area contributed by atoms with Crippen molar-refractivity contribution in [3.8, 4) is 0 Å². The SMILES string of the molecule is O=[N+]([O-])c1cccnc1N1CC(O)(c2ccc(F)cc2)C1. The van der Waals surface area contributed by atoms with Crippen molar-refractivity contribution in [3.05, 3.63) is 64.1 Å². The quantitative estimate of drug-likeness (QED) is 0.689. The van der Waals surface area contributed by atoms with Crippen LogP contribution in [0.4, 0.5) is 15.9 Å². The zero-order valence-electron chi connectivity index (χ0n) is 10.9. The van der Waals surface area contributed by atoms with Gasteiger partial charge < -0.3 is 10.0 Å². The number of benzene rings is 1. The van der Waals surface area contributed by atoms with Crippen LogP contribution < -0.4 is 4.90 Å². The molecule has 1 aliphatic rings. The molecule has 1 fully saturated rings. The van der Waals surface area contributed by atoms with Crippen molar-refractivity contribution in [2.75, 3.05) is 18.0 Å². The largest absolute Gasteiger partial charge is 0.381 e. The van der Waals surface area contributed by atoms with E-state index in [4.69, 9.17) is 0 Å². The maximum Gasteiger partial charge on any atom is 0.311 e. The van der Waals surface area contributed by atoms with Crippen molar-refractivity contribution < 1.29 is 14.4 Å². The van der Waals surface area contributed by atoms with E-state index in [9.17, 15) is 19.6 Å². The number of β-amino-alcohol motifs (C(OH)–C–C–N with tert-alkyl or cyclic N) is 1. The van der Waals surface area contributed by atoms with Gasteiger partial charge in [0.1, 0.15) is 11.4 Å². The summed E-state index contributed by atoms with van der Waals surface area (Å²) >= 11 is 0. The van der Waals surface area contributed by atoms with Crippen molar-refractivity contribution in [1.82, 2.24) is 4.98 Å². The van der Waals surface area contributed by atoms with E-state index in [1.807, 2.05) is 0 Å². The lowest BCUT2D eigenvalue weighted by Gasteiger charge is -2.47. The molecular weight excluding hydrogens is 277 g/mol. The summed E-state index contributed by atoms with van der Waals surface area (Å²) in [5.74, 6) is -0.145. The van der Waals surface area contributed by atoms with E-state index in [0.717, 1.165) is 0 Å². The highest BCUT2D eigenvalue weighted by Crippen LogP contribution is 2.37. The third kappa shape index (κ3) is 2.31. The lowest BCUT2D eigenvalue weighted by atomic mass is 9.86. The molecule has 1 aliphatic heterocycles. The number of aliphatic hydroxyl groups is 1. The van der Waals surface area contributed by atoms with Gasteiger partial charge in [0, 0.05) is 12.3 Å². The highest BCUT2D eigenvalue weighted by molar-refractivity contribution is 5.60. The second-order valence-corrected chi connectivity index (χ2v) is 5.00. The number of halogens is 1. The molecule has 0 bridgehead atoms. The van der Waals surface area contributed by atoms with Gasteiger partial charge in [-0.05, 0) is 23.8 Å². The monoisotopic (exact) mass is 289 g/mol. The Hall–Kier alpha value is -2.54. The molecule has 3 rings (SSSR count). The molecule has 0 aliphatic carbocycles. The van der Waals surface area contributed by atoms with Gasteiger partial charge >= 0.3 is 5.69 Å². The second-order valence-electron chi connectivity index (χ2n) is 5.00. The summed E-state index contributed by atoms with van der Waals surface area (Å²) in [7, 11) is 0. The van der Waals surface area contributed by atoms with Crippen LogP contribution in [0.25, 0.3) is 0 Å². The molecule has 7 heteroatoms. The Morgan fingerprint density at radius 3 is 2.57 bits per heavy atom. The van der Waals surface area contributed by atoms with Gasteiger partial charge in [-0.1, -0.05) is 12.1 Å². The molecule has 0 amide bonds. The van der Waals surface area contributed by atoms with Gasteiger partial charge in [-0.3, -0.25) is 10.1 Å². The Kier molecular flexibility index (Phi) is 3.06. The number of nitrogens with zero attached hydrogens (tertiary/aromatic N) is 3. The molecule has 2 heterocycles. The Morgan fingerprint density at radius 2 is 1.95 bits per heavy atom. The first-order valence-corrected chi connectivity index (χ1v) is 6.32. The molecule has 1 N–H and O–H groups in total. The van der Waals surface area contributed by atoms with E-state index in [1.165, 1.54) is 42.6 Å². The summed E-state index contributed by atoms with van der Waals surface area (Å²) in [5, 5.41) is 21.4. The van der Waals surface area contributed by atoms with Crippen LogP contribution in [0.5, 0.6) is 0 Å². The fraction of sp³-hybridized carbons (Fsp3) is 0.214. The van der Waals surface area contributed by atoms with Crippen LogP contribution in [-0.2, 0) is 5.60 Å². The van der Waals surface area contributed by atoms with Gasteiger partial charge in [0.2, 0.25) is 5.82 Å². The van der Waals surface area contributed by atoms with Crippen molar-refractivity contribution >= 4 is 11.5 Å². The van der Waals surface area contributed by atoms with E-state index >= 15 is 0 Å². The van der Waals surface area contributed by atoms with E-state index in [2.05, 4.69) is 4.98 Å². The second kappa shape index (κ2) is 4.78. The van der Waals surface area contributed by atoms with Gasteiger partial charge in [-0.25, -0.2) is 9.37 Å². The number of aromatic nitrogens is 1. The molecule has 1 aromatic carbocycles. The molecule has 2 aromatic rings. The molecule has 21 heavy (non-hydrogen) atoms. The van der Waals surface area contributed by atoms with Crippen LogP contribution in [0, 0.1) is 15.9 Å². The van der Waals surface area contributed by atoms with E-state index < -0.39 is 10.5 Å². The zero-order chi connectivity index (χ0) is 15.0. The van der Waals surface area contributed by atoms with E-state index in [-0.39, 0.29) is 30.4 Å². The Bertz CT molecular complexity index is 684. The van der Waals surface area contributed by atoms with Crippen LogP contribution in [0.2, 0.25) is 0 Å². The Morgan fingerprint density at radius 1 is 1.29 bits per heavy atom. The van der Waals surface area contributed by atoms with Crippen LogP contribution in [0.3, 0.4) is 0 Å². The third-order valence-corrected chi connectivity index (χ3v) is 3.55. The number of nitro groups is 1. The zero-order valence-corrected chi connectivity index (χ0v) is 10.9. The topological polar surface area (TPSA) is 79.5 Å². The van der Waals surface area contributed by atoms with Gasteiger partial charge in [0.15, 0.2) is 0 Å². The molecule has 0 radical (unpaired) electrons. The minimum atomic E-state index is -1.14. The van der Waals surface area contributed by atoms with Crippen LogP contribution in [0.15, 0.2) is 42.6 Å². The first-order valence-electron chi connectivity index (χ1n) is 6.32. The van der Waals surface area contributed by atoms with Crippen LogP contribution >= 0.6 is 0 Å². The summed E-state index contributed by atoms with van der Waals surface area (Å²) in [5.41, 5.74) is -0.656. The van der Waals surface area contributed by atoms with Crippen molar-refractivity contribution in [1.29, 1.82) is 0 Å². The molecule has 1 saturated heterocycles. The number of hydrogen-bond donors (Lipinski definition) is 1. The summed E-state index contributed by atoms with van der Waals surface area (Å²) in [6.45, 7) is 0.354. The number of anilines is 1. The normalized spacial score (nSPS) is 16.4. The van der Waals surface area contributed by atoms with Gasteiger partial charge in [0.25, 0.3) is 0 Å². The smallest absolute Gasteiger partial charge is 0.311 e. The van der Waals surface area contributed by atoms with Crippen molar-refractivity contribution in [2.45, 2.75) is 5.60 Å². The molecule has 0 atom stereocenters. The fourth-order valence-corrected chi connectivity index (χ4v) is 2.45. The highest BCUT2D eigenvalue weighted by atomic mass is 19.1. The average molecular weight is 289 g/mol. The molecule has 0 saturated carbocycles. The molecule has 1 aromatic heterocycles. The van der Waals surface area contributed by atoms with Crippen LogP contribution in [0.1, 0.15) is 5.56 Å². The molecule has 6 nitrogen and oxygen atoms in total. The maximum atomic E-state index is 12.9. The standard InChI is InChI=1S/C14H12FN3O3/c15-11-5-3-10(4-6-11)14(19)8-17(9-14)13-12(18(20)21)2-1-7-16-13/h1-7,19H,8-9H2. The average Bonchev–Trinajstić information content (AvgIpc) is 2.44. The third-order valence-electron chi connectivity index (χ3n) is 3.55. The Balaban J connectivity index is 1.82. The number of hydrogen-bond acceptors (Lipinski definition) is 5. The van der Waals surface area contributed by atoms with Crippen molar-refractivity contribution in [3.63, 3.8) is 0 Å².